The van der Waals surface area contributed by atoms with E-state index in [4.69, 9.17) is 4.74 Å². The van der Waals surface area contributed by atoms with E-state index in [2.05, 4.69) is 45.0 Å². The average Bonchev–Trinajstić information content (AvgIpc) is 3.01. The van der Waals surface area contributed by atoms with Crippen LogP contribution in [-0.4, -0.2) is 57.3 Å². The van der Waals surface area contributed by atoms with Crippen molar-refractivity contribution in [2.45, 2.75) is 13.0 Å². The van der Waals surface area contributed by atoms with Crippen molar-refractivity contribution in [3.8, 4) is 0 Å². The Labute approximate surface area is 148 Å². The molecular weight excluding hydrogens is 399 g/mol. The zero-order valence-corrected chi connectivity index (χ0v) is 15.8. The summed E-state index contributed by atoms with van der Waals surface area (Å²) >= 11 is 1.81. The van der Waals surface area contributed by atoms with Crippen LogP contribution in [0.5, 0.6) is 0 Å². The lowest BCUT2D eigenvalue weighted by Gasteiger charge is -2.34. The molecule has 0 bridgehead atoms. The number of thiophene rings is 1. The van der Waals surface area contributed by atoms with Gasteiger partial charge in [0.25, 0.3) is 0 Å². The number of morpholine rings is 1. The fourth-order valence-electron chi connectivity index (χ4n) is 2.36. The van der Waals surface area contributed by atoms with Gasteiger partial charge in [-0.15, -0.1) is 35.3 Å². The molecule has 0 aromatic carbocycles. The van der Waals surface area contributed by atoms with Gasteiger partial charge in [-0.3, -0.25) is 9.89 Å². The van der Waals surface area contributed by atoms with Gasteiger partial charge in [0.05, 0.1) is 19.3 Å². The maximum atomic E-state index is 5.46. The molecule has 21 heavy (non-hydrogen) atoms. The molecule has 0 saturated carbocycles. The second-order valence-corrected chi connectivity index (χ2v) is 5.64. The van der Waals surface area contributed by atoms with Crippen LogP contribution in [0.3, 0.4) is 0 Å². The molecule has 1 aliphatic rings. The van der Waals surface area contributed by atoms with E-state index in [1.54, 1.807) is 7.05 Å². The highest BCUT2D eigenvalue weighted by Gasteiger charge is 2.23. The molecule has 2 N–H and O–H groups in total. The lowest BCUT2D eigenvalue weighted by atomic mass is 10.2. The second kappa shape index (κ2) is 10.4. The largest absolute Gasteiger partial charge is 0.379 e. The van der Waals surface area contributed by atoms with Crippen LogP contribution in [-0.2, 0) is 4.74 Å². The number of aliphatic imine (C=N–C) groups is 1. The molecule has 1 saturated heterocycles. The summed E-state index contributed by atoms with van der Waals surface area (Å²) in [6, 6.07) is 4.71. The van der Waals surface area contributed by atoms with Crippen molar-refractivity contribution >= 4 is 41.3 Å². The SMILES string of the molecule is CCNC(=NC)NCC(c1cccs1)N1CCOCC1.I. The molecule has 0 aliphatic carbocycles. The highest BCUT2D eigenvalue weighted by molar-refractivity contribution is 14.0. The summed E-state index contributed by atoms with van der Waals surface area (Å²) in [4.78, 5) is 8.11. The lowest BCUT2D eigenvalue weighted by Crippen LogP contribution is -2.46. The van der Waals surface area contributed by atoms with Crippen LogP contribution < -0.4 is 10.6 Å². The first-order valence-corrected chi connectivity index (χ1v) is 8.02. The van der Waals surface area contributed by atoms with Gasteiger partial charge in [-0.1, -0.05) is 6.07 Å². The standard InChI is InChI=1S/C14H24N4OS.HI/c1-3-16-14(15-2)17-11-12(13-5-4-10-20-13)18-6-8-19-9-7-18;/h4-5,10,12H,3,6-9,11H2,1-2H3,(H2,15,16,17);1H. The molecule has 1 unspecified atom stereocenters. The van der Waals surface area contributed by atoms with Gasteiger partial charge in [0, 0.05) is 38.1 Å². The highest BCUT2D eigenvalue weighted by atomic mass is 127. The van der Waals surface area contributed by atoms with Crippen LogP contribution >= 0.6 is 35.3 Å². The molecule has 1 aromatic rings. The molecule has 0 radical (unpaired) electrons. The summed E-state index contributed by atoms with van der Waals surface area (Å²) in [5, 5.41) is 8.79. The second-order valence-electron chi connectivity index (χ2n) is 4.66. The van der Waals surface area contributed by atoms with Crippen molar-refractivity contribution in [3.63, 3.8) is 0 Å². The average molecular weight is 424 g/mol. The van der Waals surface area contributed by atoms with Crippen LogP contribution in [0.25, 0.3) is 0 Å². The van der Waals surface area contributed by atoms with Crippen molar-refractivity contribution < 1.29 is 4.74 Å². The summed E-state index contributed by atoms with van der Waals surface area (Å²) < 4.78 is 5.46. The molecule has 1 fully saturated rings. The third-order valence-electron chi connectivity index (χ3n) is 3.39. The summed E-state index contributed by atoms with van der Waals surface area (Å²) in [7, 11) is 1.81. The minimum Gasteiger partial charge on any atom is -0.379 e. The van der Waals surface area contributed by atoms with Crippen molar-refractivity contribution in [2.75, 3.05) is 46.4 Å². The molecule has 1 atom stereocenters. The van der Waals surface area contributed by atoms with Gasteiger partial charge in [-0.25, -0.2) is 0 Å². The van der Waals surface area contributed by atoms with E-state index >= 15 is 0 Å². The number of ether oxygens (including phenoxy) is 1. The van der Waals surface area contributed by atoms with Gasteiger partial charge in [0.2, 0.25) is 0 Å². The molecule has 1 aliphatic heterocycles. The number of nitrogens with zero attached hydrogens (tertiary/aromatic N) is 2. The third kappa shape index (κ3) is 5.72. The number of halogens is 1. The number of hydrogen-bond acceptors (Lipinski definition) is 4. The van der Waals surface area contributed by atoms with Gasteiger partial charge >= 0.3 is 0 Å². The number of nitrogens with one attached hydrogen (secondary N) is 2. The zero-order valence-electron chi connectivity index (χ0n) is 12.7. The fraction of sp³-hybridized carbons (Fsp3) is 0.643. The molecular formula is C14H25IN4OS. The van der Waals surface area contributed by atoms with Crippen molar-refractivity contribution in [3.05, 3.63) is 22.4 Å². The van der Waals surface area contributed by atoms with E-state index in [1.165, 1.54) is 4.88 Å². The molecule has 120 valence electrons. The Morgan fingerprint density at radius 3 is 2.76 bits per heavy atom. The summed E-state index contributed by atoms with van der Waals surface area (Å²) in [6.07, 6.45) is 0. The van der Waals surface area contributed by atoms with Gasteiger partial charge in [0.15, 0.2) is 5.96 Å². The van der Waals surface area contributed by atoms with Crippen LogP contribution in [0.4, 0.5) is 0 Å². The Bertz CT molecular complexity index is 407. The maximum Gasteiger partial charge on any atom is 0.191 e. The predicted octanol–water partition coefficient (Wildman–Crippen LogP) is 1.92. The Morgan fingerprint density at radius 2 is 2.19 bits per heavy atom. The van der Waals surface area contributed by atoms with E-state index in [1.807, 2.05) is 11.3 Å². The van der Waals surface area contributed by atoms with E-state index < -0.39 is 0 Å². The van der Waals surface area contributed by atoms with E-state index in [0.29, 0.717) is 6.04 Å². The summed E-state index contributed by atoms with van der Waals surface area (Å²) in [5.41, 5.74) is 0. The lowest BCUT2D eigenvalue weighted by molar-refractivity contribution is 0.0177. The first-order chi connectivity index (χ1) is 9.85. The Hall–Kier alpha value is -0.380. The molecule has 5 nitrogen and oxygen atoms in total. The Morgan fingerprint density at radius 1 is 1.43 bits per heavy atom. The number of rotatable bonds is 5. The molecule has 0 amide bonds. The smallest absolute Gasteiger partial charge is 0.191 e. The first-order valence-electron chi connectivity index (χ1n) is 7.15. The van der Waals surface area contributed by atoms with Crippen molar-refractivity contribution in [1.82, 2.24) is 15.5 Å². The number of guanidine groups is 1. The molecule has 0 spiro atoms. The normalized spacial score (nSPS) is 17.9. The fourth-order valence-corrected chi connectivity index (χ4v) is 3.22. The van der Waals surface area contributed by atoms with Gasteiger partial charge in [0.1, 0.15) is 0 Å². The molecule has 7 heteroatoms. The monoisotopic (exact) mass is 424 g/mol. The summed E-state index contributed by atoms with van der Waals surface area (Å²) in [5.74, 6) is 0.863. The molecule has 2 rings (SSSR count). The van der Waals surface area contributed by atoms with E-state index in [-0.39, 0.29) is 24.0 Å². The molecule has 1 aromatic heterocycles. The Balaban J connectivity index is 0.00000220. The first kappa shape index (κ1) is 18.7. The van der Waals surface area contributed by atoms with Crippen molar-refractivity contribution in [2.24, 2.45) is 4.99 Å². The van der Waals surface area contributed by atoms with E-state index in [0.717, 1.165) is 45.4 Å². The minimum absolute atomic E-state index is 0. The van der Waals surface area contributed by atoms with E-state index in [9.17, 15) is 0 Å². The number of hydrogen-bond donors (Lipinski definition) is 2. The predicted molar refractivity (Wildman–Crippen MR) is 99.9 cm³/mol. The maximum absolute atomic E-state index is 5.46. The van der Waals surface area contributed by atoms with Crippen molar-refractivity contribution in [1.29, 1.82) is 0 Å². The topological polar surface area (TPSA) is 48.9 Å². The highest BCUT2D eigenvalue weighted by Crippen LogP contribution is 2.25. The van der Waals surface area contributed by atoms with Crippen LogP contribution in [0.15, 0.2) is 22.5 Å². The van der Waals surface area contributed by atoms with Gasteiger partial charge in [-0.2, -0.15) is 0 Å². The third-order valence-corrected chi connectivity index (χ3v) is 4.36. The minimum atomic E-state index is 0. The zero-order chi connectivity index (χ0) is 14.2. The van der Waals surface area contributed by atoms with Gasteiger partial charge < -0.3 is 15.4 Å². The van der Waals surface area contributed by atoms with Crippen LogP contribution in [0.2, 0.25) is 0 Å². The van der Waals surface area contributed by atoms with Crippen LogP contribution in [0.1, 0.15) is 17.8 Å². The Kier molecular flexibility index (Phi) is 9.21. The van der Waals surface area contributed by atoms with Gasteiger partial charge in [-0.05, 0) is 18.4 Å². The van der Waals surface area contributed by atoms with Crippen LogP contribution in [0, 0.1) is 0 Å². The molecule has 2 heterocycles. The summed E-state index contributed by atoms with van der Waals surface area (Å²) in [6.45, 7) is 7.44. The quantitative estimate of drug-likeness (QED) is 0.431.